The quantitative estimate of drug-likeness (QED) is 0.891. The van der Waals surface area contributed by atoms with Crippen molar-refractivity contribution in [2.24, 2.45) is 0 Å². The molecule has 0 spiro atoms. The van der Waals surface area contributed by atoms with Crippen LogP contribution < -0.4 is 14.2 Å². The number of methoxy groups -OCH3 is 1. The summed E-state index contributed by atoms with van der Waals surface area (Å²) in [6.07, 6.45) is 7.27. The fourth-order valence-corrected chi connectivity index (χ4v) is 3.03. The monoisotopic (exact) mass is 316 g/mol. The highest BCUT2D eigenvalue weighted by Crippen LogP contribution is 2.52. The van der Waals surface area contributed by atoms with Crippen LogP contribution in [0.4, 0.5) is 0 Å². The van der Waals surface area contributed by atoms with E-state index in [0.717, 1.165) is 11.1 Å². The molecule has 0 amide bonds. The maximum Gasteiger partial charge on any atom is 0.141 e. The van der Waals surface area contributed by atoms with Crippen LogP contribution in [0.3, 0.4) is 0 Å². The number of benzene rings is 1. The van der Waals surface area contributed by atoms with E-state index in [1.807, 2.05) is 52.0 Å². The molecule has 2 heterocycles. The third-order valence-electron chi connectivity index (χ3n) is 4.12. The highest BCUT2D eigenvalue weighted by atomic mass is 16.5. The van der Waals surface area contributed by atoms with Crippen LogP contribution in [-0.4, -0.2) is 23.4 Å². The second-order valence-corrected chi connectivity index (χ2v) is 7.19. The second-order valence-electron chi connectivity index (χ2n) is 7.19. The standard InChI is InChI=1S/C19H24O4/c1-11(20)14-16-12(7-9-18(2,3)22-16)15(21-6)13-8-10-19(4,5)23-17(13)14/h7-11,20H,1-6H3/t11-/m1/s1. The number of ether oxygens (including phenoxy) is 3. The summed E-state index contributed by atoms with van der Waals surface area (Å²) in [5, 5.41) is 10.4. The Bertz CT molecular complexity index is 656. The first-order chi connectivity index (χ1) is 10.7. The third-order valence-corrected chi connectivity index (χ3v) is 4.12. The number of fused-ring (bicyclic) bond motifs is 2. The Kier molecular flexibility index (Phi) is 3.49. The zero-order valence-electron chi connectivity index (χ0n) is 14.6. The summed E-state index contributed by atoms with van der Waals surface area (Å²) in [6.45, 7) is 9.65. The van der Waals surface area contributed by atoms with E-state index in [2.05, 4.69) is 0 Å². The van der Waals surface area contributed by atoms with Gasteiger partial charge < -0.3 is 19.3 Å². The first kappa shape index (κ1) is 15.9. The van der Waals surface area contributed by atoms with E-state index in [1.54, 1.807) is 14.0 Å². The molecule has 23 heavy (non-hydrogen) atoms. The van der Waals surface area contributed by atoms with Crippen LogP contribution in [0.25, 0.3) is 12.2 Å². The Morgan fingerprint density at radius 1 is 0.957 bits per heavy atom. The van der Waals surface area contributed by atoms with E-state index in [1.165, 1.54) is 0 Å². The Balaban J connectivity index is 2.36. The van der Waals surface area contributed by atoms with E-state index in [9.17, 15) is 5.11 Å². The molecular weight excluding hydrogens is 292 g/mol. The first-order valence-electron chi connectivity index (χ1n) is 7.87. The van der Waals surface area contributed by atoms with Gasteiger partial charge in [-0.3, -0.25) is 0 Å². The van der Waals surface area contributed by atoms with Gasteiger partial charge in [0.2, 0.25) is 0 Å². The van der Waals surface area contributed by atoms with Gasteiger partial charge in [-0.25, -0.2) is 0 Å². The Labute approximate surface area is 137 Å². The summed E-state index contributed by atoms with van der Waals surface area (Å²) in [6, 6.07) is 0. The predicted octanol–water partition coefficient (Wildman–Crippen LogP) is 4.12. The van der Waals surface area contributed by atoms with E-state index in [0.29, 0.717) is 22.8 Å². The van der Waals surface area contributed by atoms with Crippen LogP contribution in [0.1, 0.15) is 57.4 Å². The van der Waals surface area contributed by atoms with Crippen molar-refractivity contribution in [3.05, 3.63) is 28.8 Å². The summed E-state index contributed by atoms with van der Waals surface area (Å²) >= 11 is 0. The third kappa shape index (κ3) is 2.61. The van der Waals surface area contributed by atoms with Crippen molar-refractivity contribution in [1.82, 2.24) is 0 Å². The van der Waals surface area contributed by atoms with Crippen molar-refractivity contribution in [1.29, 1.82) is 0 Å². The van der Waals surface area contributed by atoms with Gasteiger partial charge in [-0.15, -0.1) is 0 Å². The summed E-state index contributed by atoms with van der Waals surface area (Å²) in [4.78, 5) is 0. The summed E-state index contributed by atoms with van der Waals surface area (Å²) in [5.41, 5.74) is 1.46. The summed E-state index contributed by atoms with van der Waals surface area (Å²) in [7, 11) is 1.64. The van der Waals surface area contributed by atoms with Gasteiger partial charge in [0.1, 0.15) is 28.5 Å². The molecule has 0 unspecified atom stereocenters. The van der Waals surface area contributed by atoms with Crippen molar-refractivity contribution in [3.63, 3.8) is 0 Å². The van der Waals surface area contributed by atoms with Gasteiger partial charge in [-0.05, 0) is 58.9 Å². The number of hydrogen-bond donors (Lipinski definition) is 1. The molecule has 4 nitrogen and oxygen atoms in total. The topological polar surface area (TPSA) is 47.9 Å². The largest absolute Gasteiger partial charge is 0.495 e. The minimum Gasteiger partial charge on any atom is -0.495 e. The van der Waals surface area contributed by atoms with Crippen molar-refractivity contribution in [2.45, 2.75) is 51.9 Å². The Morgan fingerprint density at radius 3 is 1.74 bits per heavy atom. The minimum absolute atomic E-state index is 0.448. The molecule has 0 aliphatic carbocycles. The summed E-state index contributed by atoms with van der Waals surface area (Å²) in [5.74, 6) is 1.97. The van der Waals surface area contributed by atoms with E-state index < -0.39 is 17.3 Å². The average molecular weight is 316 g/mol. The Morgan fingerprint density at radius 2 is 1.39 bits per heavy atom. The molecule has 0 saturated heterocycles. The van der Waals surface area contributed by atoms with E-state index in [-0.39, 0.29) is 0 Å². The molecule has 1 aromatic carbocycles. The molecule has 0 aromatic heterocycles. The van der Waals surface area contributed by atoms with Gasteiger partial charge in [0.25, 0.3) is 0 Å². The van der Waals surface area contributed by atoms with E-state index in [4.69, 9.17) is 14.2 Å². The van der Waals surface area contributed by atoms with E-state index >= 15 is 0 Å². The zero-order valence-corrected chi connectivity index (χ0v) is 14.6. The molecule has 0 fully saturated rings. The predicted molar refractivity (Wildman–Crippen MR) is 91.1 cm³/mol. The first-order valence-corrected chi connectivity index (χ1v) is 7.87. The lowest BCUT2D eigenvalue weighted by Gasteiger charge is -2.36. The highest BCUT2D eigenvalue weighted by Gasteiger charge is 2.36. The molecule has 1 atom stereocenters. The lowest BCUT2D eigenvalue weighted by Crippen LogP contribution is -2.31. The number of aliphatic hydroxyl groups excluding tert-OH is 1. The van der Waals surface area contributed by atoms with Crippen molar-refractivity contribution in [3.8, 4) is 17.2 Å². The second kappa shape index (κ2) is 5.03. The van der Waals surface area contributed by atoms with Crippen molar-refractivity contribution in [2.75, 3.05) is 7.11 Å². The van der Waals surface area contributed by atoms with Crippen molar-refractivity contribution >= 4 is 12.2 Å². The normalized spacial score (nSPS) is 20.8. The minimum atomic E-state index is -0.715. The Hall–Kier alpha value is -1.94. The van der Waals surface area contributed by atoms with Gasteiger partial charge >= 0.3 is 0 Å². The molecule has 1 N–H and O–H groups in total. The van der Waals surface area contributed by atoms with Crippen LogP contribution >= 0.6 is 0 Å². The molecule has 0 radical (unpaired) electrons. The SMILES string of the molecule is COc1c2c(c([C@@H](C)O)c3c1C=CC(C)(C)O3)OC(C)(C)C=C2. The highest BCUT2D eigenvalue weighted by molar-refractivity contribution is 5.81. The van der Waals surface area contributed by atoms with Gasteiger partial charge in [-0.2, -0.15) is 0 Å². The van der Waals surface area contributed by atoms with Gasteiger partial charge in [0.15, 0.2) is 0 Å². The molecule has 1 aromatic rings. The van der Waals surface area contributed by atoms with Crippen LogP contribution in [-0.2, 0) is 0 Å². The fraction of sp³-hybridized carbons (Fsp3) is 0.474. The molecule has 4 heteroatoms. The summed E-state index contributed by atoms with van der Waals surface area (Å²) < 4.78 is 18.0. The van der Waals surface area contributed by atoms with Gasteiger partial charge in [0, 0.05) is 0 Å². The molecule has 3 rings (SSSR count). The van der Waals surface area contributed by atoms with Crippen LogP contribution in [0.15, 0.2) is 12.2 Å². The van der Waals surface area contributed by atoms with Crippen LogP contribution in [0.5, 0.6) is 17.2 Å². The zero-order chi connectivity index (χ0) is 17.0. The molecule has 2 aliphatic rings. The molecule has 2 aliphatic heterocycles. The van der Waals surface area contributed by atoms with Gasteiger partial charge in [0.05, 0.1) is 29.9 Å². The number of aliphatic hydroxyl groups is 1. The number of rotatable bonds is 2. The smallest absolute Gasteiger partial charge is 0.141 e. The van der Waals surface area contributed by atoms with Gasteiger partial charge in [-0.1, -0.05) is 0 Å². The maximum absolute atomic E-state index is 10.4. The average Bonchev–Trinajstić information content (AvgIpc) is 2.42. The van der Waals surface area contributed by atoms with Crippen LogP contribution in [0, 0.1) is 0 Å². The molecule has 124 valence electrons. The molecule has 0 bridgehead atoms. The van der Waals surface area contributed by atoms with Crippen molar-refractivity contribution < 1.29 is 19.3 Å². The number of hydrogen-bond acceptors (Lipinski definition) is 4. The fourth-order valence-electron chi connectivity index (χ4n) is 3.03. The lowest BCUT2D eigenvalue weighted by molar-refractivity contribution is 0.124. The molecule has 0 saturated carbocycles. The maximum atomic E-state index is 10.4. The molecular formula is C19H24O4. The lowest BCUT2D eigenvalue weighted by atomic mass is 9.90. The van der Waals surface area contributed by atoms with Crippen LogP contribution in [0.2, 0.25) is 0 Å².